The van der Waals surface area contributed by atoms with Gasteiger partial charge in [-0.05, 0) is 54.6 Å². The van der Waals surface area contributed by atoms with Crippen molar-refractivity contribution in [3.05, 3.63) is 213 Å². The Hall–Kier alpha value is -8.62. The van der Waals surface area contributed by atoms with E-state index in [1.165, 1.54) is 14.7 Å². The van der Waals surface area contributed by atoms with Crippen molar-refractivity contribution in [1.82, 2.24) is 0 Å². The van der Waals surface area contributed by atoms with E-state index in [-0.39, 0.29) is 10.9 Å². The van der Waals surface area contributed by atoms with Gasteiger partial charge in [0.15, 0.2) is 49.5 Å². The molecule has 400 valence electrons. The van der Waals surface area contributed by atoms with Crippen LogP contribution in [0.1, 0.15) is 10.4 Å². The van der Waals surface area contributed by atoms with Gasteiger partial charge >= 0.3 is 0 Å². The lowest BCUT2D eigenvalue weighted by atomic mass is 9.95. The third-order valence-electron chi connectivity index (χ3n) is 10.3. The fourth-order valence-corrected chi connectivity index (χ4v) is 8.77. The third-order valence-corrected chi connectivity index (χ3v) is 12.5. The van der Waals surface area contributed by atoms with Gasteiger partial charge in [0.2, 0.25) is 116 Å². The van der Waals surface area contributed by atoms with Crippen LogP contribution in [0.2, 0.25) is 0 Å². The number of carbonyl (C=O) groups is 1. The second-order valence-electron chi connectivity index (χ2n) is 14.8. The minimum Gasteiger partial charge on any atom is -0.545 e. The van der Waals surface area contributed by atoms with Crippen LogP contribution in [0.15, 0.2) is 106 Å². The molecule has 8 aromatic rings. The molecule has 0 bridgehead atoms. The van der Waals surface area contributed by atoms with Gasteiger partial charge < -0.3 is 28.8 Å². The summed E-state index contributed by atoms with van der Waals surface area (Å²) >= 11 is 0. The summed E-state index contributed by atoms with van der Waals surface area (Å²) in [5.74, 6) is -80.3. The summed E-state index contributed by atoms with van der Waals surface area (Å²) in [5.41, 5.74) is -7.70. The van der Waals surface area contributed by atoms with Crippen LogP contribution < -0.4 is 24.1 Å². The van der Waals surface area contributed by atoms with Crippen molar-refractivity contribution in [2.45, 2.75) is 14.7 Å². The van der Waals surface area contributed by atoms with Gasteiger partial charge in [0.1, 0.15) is 5.75 Å². The second kappa shape index (κ2) is 22.3. The number of carboxylic acids is 1. The zero-order chi connectivity index (χ0) is 56.6. The average Bonchev–Trinajstić information content (AvgIpc) is 3.46. The number of aromatic carboxylic acids is 1. The van der Waals surface area contributed by atoms with Gasteiger partial charge in [-0.15, -0.1) is 0 Å². The first-order chi connectivity index (χ1) is 36.3. The highest BCUT2D eigenvalue weighted by Gasteiger charge is 2.39. The van der Waals surface area contributed by atoms with Crippen LogP contribution in [0.3, 0.4) is 0 Å². The van der Waals surface area contributed by atoms with E-state index in [0.29, 0.717) is 0 Å². The van der Waals surface area contributed by atoms with E-state index < -0.39 is 180 Å². The van der Waals surface area contributed by atoms with Crippen molar-refractivity contribution < 1.29 is 117 Å². The highest BCUT2D eigenvalue weighted by atomic mass is 32.2. The van der Waals surface area contributed by atoms with Crippen molar-refractivity contribution in [2.75, 3.05) is 7.11 Å². The van der Waals surface area contributed by atoms with Crippen molar-refractivity contribution in [3.63, 3.8) is 0 Å². The predicted octanol–water partition coefficient (Wildman–Crippen LogP) is 14.7. The van der Waals surface area contributed by atoms with Crippen LogP contribution in [-0.4, -0.2) is 13.1 Å². The molecule has 0 spiro atoms. The third kappa shape index (κ3) is 10.3. The number of hydrogen-bond acceptors (Lipinski definition) is 6. The van der Waals surface area contributed by atoms with E-state index in [9.17, 15) is 88.9 Å². The Morgan fingerprint density at radius 3 is 0.987 bits per heavy atom. The predicted molar refractivity (Wildman–Crippen MR) is 223 cm³/mol. The van der Waals surface area contributed by atoms with Crippen molar-refractivity contribution in [1.29, 1.82) is 0 Å². The molecule has 8 rings (SSSR count). The van der Waals surface area contributed by atoms with E-state index in [2.05, 4.69) is 87.0 Å². The fraction of sp³-hybridized carbons (Fsp3) is 0.0200. The van der Waals surface area contributed by atoms with Crippen molar-refractivity contribution in [3.8, 4) is 51.4 Å². The van der Waals surface area contributed by atoms with Crippen LogP contribution in [-0.2, 0) is 10.9 Å². The Kier molecular flexibility index (Phi) is 16.3. The summed E-state index contributed by atoms with van der Waals surface area (Å²) in [4.78, 5) is 16.2. The number of halogens is 20. The van der Waals surface area contributed by atoms with Gasteiger partial charge in [0, 0.05) is 11.1 Å². The molecule has 0 saturated heterocycles. The molecule has 27 heteroatoms. The Balaban J connectivity index is 0.000000339. The normalized spacial score (nSPS) is 11.1. The Labute approximate surface area is 418 Å². The molecular weight excluding hydrogens is 1110 g/mol. The van der Waals surface area contributed by atoms with Gasteiger partial charge in [-0.25, -0.2) is 61.5 Å². The van der Waals surface area contributed by atoms with Gasteiger partial charge in [0.25, 0.3) is 0 Å². The number of methoxy groups -OCH3 is 1. The first-order valence-corrected chi connectivity index (χ1v) is 21.6. The number of hydrogen-bond donors (Lipinski definition) is 0. The van der Waals surface area contributed by atoms with Crippen LogP contribution >= 0.6 is 0 Å². The van der Waals surface area contributed by atoms with Crippen molar-refractivity contribution in [2.24, 2.45) is 0 Å². The maximum atomic E-state index is 15.2. The van der Waals surface area contributed by atoms with Gasteiger partial charge in [-0.1, -0.05) is 36.4 Å². The van der Waals surface area contributed by atoms with E-state index in [1.54, 1.807) is 7.11 Å². The first kappa shape index (κ1) is 56.1. The Morgan fingerprint density at radius 2 is 0.649 bits per heavy atom. The number of carboxylic acid groups (broad SMARTS) is 1. The molecule has 0 saturated carbocycles. The molecule has 6 nitrogen and oxygen atoms in total. The smallest absolute Gasteiger partial charge is 0.213 e. The number of rotatable bonds is 12. The standard InChI is InChI=1S/C31H2F20O5.C19H17OS/c32-6-5(7(33)9(35)10(36)8(6)34)4-2(31(52)53)1-3(54-28-20(46)14(40)11(37)15(41)21(28)47)26(55-29-22(48)16(42)12(38)17(43)23(29)49)27(4)56-30-24(50)18(44)13(39)19(45)25(30)51;1-20-16-12-14-19(15-13-16)21(17-8-4-2-5-9-17)18-10-6-3-7-11-18/h1H,(H,52,53);2-15H,1H3/q;+1/p-1. The monoisotopic (exact) mass is 1130 g/mol. The molecule has 0 unspecified atom stereocenters. The summed E-state index contributed by atoms with van der Waals surface area (Å²) in [6.45, 7) is 0. The first-order valence-electron chi connectivity index (χ1n) is 20.4. The molecule has 0 radical (unpaired) electrons. The molecule has 0 N–H and O–H groups in total. The number of carbonyl (C=O) groups excluding carboxylic acids is 1. The molecular formula is C50H18F20O6S. The quantitative estimate of drug-likeness (QED) is 0.0525. The number of ether oxygens (including phenoxy) is 4. The van der Waals surface area contributed by atoms with Crippen LogP contribution in [0.5, 0.6) is 40.2 Å². The van der Waals surface area contributed by atoms with Gasteiger partial charge in [-0.2, -0.15) is 26.3 Å². The maximum absolute atomic E-state index is 15.2. The van der Waals surface area contributed by atoms with E-state index in [1.807, 2.05) is 12.1 Å². The molecule has 0 amide bonds. The molecule has 0 fully saturated rings. The Morgan fingerprint density at radius 1 is 0.351 bits per heavy atom. The lowest BCUT2D eigenvalue weighted by Gasteiger charge is -2.24. The van der Waals surface area contributed by atoms with Gasteiger partial charge in [-0.3, -0.25) is 0 Å². The molecule has 0 atom stereocenters. The molecule has 8 aromatic carbocycles. The van der Waals surface area contributed by atoms with Crippen molar-refractivity contribution >= 4 is 16.9 Å². The highest BCUT2D eigenvalue weighted by Crippen LogP contribution is 2.55. The lowest BCUT2D eigenvalue weighted by molar-refractivity contribution is -0.255. The molecule has 0 aliphatic carbocycles. The van der Waals surface area contributed by atoms with E-state index >= 15 is 8.78 Å². The lowest BCUT2D eigenvalue weighted by Crippen LogP contribution is -2.24. The minimum absolute atomic E-state index is 0.0804. The minimum atomic E-state index is -3.17. The summed E-state index contributed by atoms with van der Waals surface area (Å²) < 4.78 is 307. The zero-order valence-electron chi connectivity index (χ0n) is 37.1. The molecule has 0 aromatic heterocycles. The topological polar surface area (TPSA) is 77.1 Å². The van der Waals surface area contributed by atoms with E-state index in [0.717, 1.165) is 5.75 Å². The average molecular weight is 1130 g/mol. The van der Waals surface area contributed by atoms with Gasteiger partial charge in [0.05, 0.1) is 29.5 Å². The van der Waals surface area contributed by atoms with Crippen LogP contribution in [0.25, 0.3) is 11.1 Å². The zero-order valence-corrected chi connectivity index (χ0v) is 37.9. The molecule has 0 aliphatic heterocycles. The van der Waals surface area contributed by atoms with E-state index in [4.69, 9.17) is 4.74 Å². The highest BCUT2D eigenvalue weighted by molar-refractivity contribution is 7.97. The largest absolute Gasteiger partial charge is 0.545 e. The van der Waals surface area contributed by atoms with Crippen LogP contribution in [0, 0.1) is 116 Å². The summed E-state index contributed by atoms with van der Waals surface area (Å²) in [6, 6.07) is 29.0. The molecule has 0 heterocycles. The molecule has 77 heavy (non-hydrogen) atoms. The fourth-order valence-electron chi connectivity index (χ4n) is 6.69. The molecule has 0 aliphatic rings. The summed E-state index contributed by atoms with van der Waals surface area (Å²) in [6.07, 6.45) is 0. The SMILES string of the molecule is COc1ccc([S+](c2ccccc2)c2ccccc2)cc1.O=C([O-])c1cc(Oc2c(F)c(F)c(F)c(F)c2F)c(Oc2c(F)c(F)c(F)c(F)c2F)c(Oc2c(F)c(F)c(F)c(F)c2F)c1-c1c(F)c(F)c(F)c(F)c1F. The summed E-state index contributed by atoms with van der Waals surface area (Å²) in [7, 11) is 1.62. The maximum Gasteiger partial charge on any atom is 0.213 e. The number of benzene rings is 8. The second-order valence-corrected chi connectivity index (χ2v) is 16.8. The van der Waals surface area contributed by atoms with Crippen LogP contribution in [0.4, 0.5) is 87.8 Å². The Bertz CT molecular complexity index is 3490. The summed E-state index contributed by atoms with van der Waals surface area (Å²) in [5, 5.41) is 12.3.